The molecule has 1 unspecified atom stereocenters. The maximum absolute atomic E-state index is 13.9. The minimum Gasteiger partial charge on any atom is -0.375 e. The first kappa shape index (κ1) is 14.8. The second-order valence-corrected chi connectivity index (χ2v) is 6.45. The lowest BCUT2D eigenvalue weighted by Crippen LogP contribution is -2.25. The highest BCUT2D eigenvalue weighted by atomic mass is 32.2. The van der Waals surface area contributed by atoms with Crippen molar-refractivity contribution in [1.82, 2.24) is 0 Å². The number of carbonyl (C=O) groups excluding carboxylic acids is 2. The van der Waals surface area contributed by atoms with Gasteiger partial charge < -0.3 is 9.80 Å². The molecule has 0 aromatic heterocycles. The first-order valence-electron chi connectivity index (χ1n) is 6.33. The zero-order valence-corrected chi connectivity index (χ0v) is 12.5. The molecule has 0 N–H and O–H groups in total. The molecule has 1 aliphatic heterocycles. The van der Waals surface area contributed by atoms with E-state index in [4.69, 9.17) is 0 Å². The molecule has 108 valence electrons. The van der Waals surface area contributed by atoms with Gasteiger partial charge in [-0.3, -0.25) is 9.59 Å². The molecule has 1 aromatic carbocycles. The van der Waals surface area contributed by atoms with Crippen molar-refractivity contribution in [3.63, 3.8) is 0 Å². The number of hydrogen-bond donors (Lipinski definition) is 0. The third kappa shape index (κ3) is 3.12. The number of amides is 1. The van der Waals surface area contributed by atoms with E-state index in [-0.39, 0.29) is 22.1 Å². The van der Waals surface area contributed by atoms with Crippen LogP contribution in [0.1, 0.15) is 13.3 Å². The third-order valence-electron chi connectivity index (χ3n) is 3.15. The standard InChI is InChI=1S/C14H17FN2O2S/c1-9(18)20-11-7-14(19)17(8-11)10-4-5-13(16(2)3)12(15)6-10/h4-6,11H,7-8H2,1-3H3. The van der Waals surface area contributed by atoms with E-state index in [0.717, 1.165) is 0 Å². The average Bonchev–Trinajstić information content (AvgIpc) is 2.68. The SMILES string of the molecule is CC(=O)SC1CC(=O)N(c2ccc(N(C)C)c(F)c2)C1. The van der Waals surface area contributed by atoms with Crippen LogP contribution in [0.4, 0.5) is 15.8 Å². The average molecular weight is 296 g/mol. The summed E-state index contributed by atoms with van der Waals surface area (Å²) in [6, 6.07) is 4.76. The van der Waals surface area contributed by atoms with Gasteiger partial charge >= 0.3 is 0 Å². The molecule has 6 heteroatoms. The summed E-state index contributed by atoms with van der Waals surface area (Å²) in [7, 11) is 3.53. The molecular weight excluding hydrogens is 279 g/mol. The Bertz CT molecular complexity index is 548. The number of anilines is 2. The molecule has 0 saturated carbocycles. The maximum atomic E-state index is 13.9. The summed E-state index contributed by atoms with van der Waals surface area (Å²) in [5, 5.41) is -0.0460. The van der Waals surface area contributed by atoms with E-state index in [0.29, 0.717) is 24.3 Å². The van der Waals surface area contributed by atoms with Gasteiger partial charge in [-0.05, 0) is 18.2 Å². The van der Waals surface area contributed by atoms with Crippen molar-refractivity contribution >= 4 is 34.2 Å². The monoisotopic (exact) mass is 296 g/mol. The largest absolute Gasteiger partial charge is 0.375 e. The molecule has 1 aliphatic rings. The lowest BCUT2D eigenvalue weighted by Gasteiger charge is -2.19. The lowest BCUT2D eigenvalue weighted by molar-refractivity contribution is -0.117. The Balaban J connectivity index is 2.18. The van der Waals surface area contributed by atoms with Crippen LogP contribution in [0.15, 0.2) is 18.2 Å². The van der Waals surface area contributed by atoms with Crippen LogP contribution in [0.5, 0.6) is 0 Å². The van der Waals surface area contributed by atoms with Crippen molar-refractivity contribution in [3.05, 3.63) is 24.0 Å². The third-order valence-corrected chi connectivity index (χ3v) is 4.13. The van der Waals surface area contributed by atoms with Gasteiger partial charge in [0.05, 0.1) is 5.69 Å². The van der Waals surface area contributed by atoms with Crippen molar-refractivity contribution < 1.29 is 14.0 Å². The molecule has 1 saturated heterocycles. The smallest absolute Gasteiger partial charge is 0.228 e. The molecular formula is C14H17FN2O2S. The number of nitrogens with zero attached hydrogens (tertiary/aromatic N) is 2. The van der Waals surface area contributed by atoms with Crippen LogP contribution in [-0.4, -0.2) is 36.9 Å². The van der Waals surface area contributed by atoms with Gasteiger partial charge in [-0.2, -0.15) is 0 Å². The number of hydrogen-bond acceptors (Lipinski definition) is 4. The molecule has 20 heavy (non-hydrogen) atoms. The Morgan fingerprint density at radius 2 is 2.15 bits per heavy atom. The zero-order chi connectivity index (χ0) is 14.9. The second-order valence-electron chi connectivity index (χ2n) is 4.97. The molecule has 1 heterocycles. The molecule has 0 spiro atoms. The molecule has 1 amide bonds. The van der Waals surface area contributed by atoms with Crippen LogP contribution in [0.3, 0.4) is 0 Å². The number of thioether (sulfide) groups is 1. The number of benzene rings is 1. The first-order valence-corrected chi connectivity index (χ1v) is 7.21. The van der Waals surface area contributed by atoms with Crippen molar-refractivity contribution in [3.8, 4) is 0 Å². The van der Waals surface area contributed by atoms with Gasteiger partial charge in [-0.15, -0.1) is 0 Å². The Morgan fingerprint density at radius 3 is 2.70 bits per heavy atom. The van der Waals surface area contributed by atoms with E-state index >= 15 is 0 Å². The van der Waals surface area contributed by atoms with Crippen molar-refractivity contribution in [2.24, 2.45) is 0 Å². The molecule has 0 bridgehead atoms. The topological polar surface area (TPSA) is 40.6 Å². The van der Waals surface area contributed by atoms with Crippen LogP contribution in [-0.2, 0) is 9.59 Å². The van der Waals surface area contributed by atoms with Gasteiger partial charge in [0.15, 0.2) is 5.12 Å². The van der Waals surface area contributed by atoms with Gasteiger partial charge in [-0.25, -0.2) is 4.39 Å². The minimum absolute atomic E-state index is 0.00112. The molecule has 0 aliphatic carbocycles. The number of rotatable bonds is 3. The number of carbonyl (C=O) groups is 2. The Hall–Kier alpha value is -1.56. The van der Waals surface area contributed by atoms with Crippen LogP contribution in [0.2, 0.25) is 0 Å². The van der Waals surface area contributed by atoms with Gasteiger partial charge in [0, 0.05) is 44.9 Å². The summed E-state index contributed by atoms with van der Waals surface area (Å²) in [4.78, 5) is 26.3. The molecule has 1 atom stereocenters. The van der Waals surface area contributed by atoms with Gasteiger partial charge in [0.1, 0.15) is 5.82 Å². The first-order chi connectivity index (χ1) is 9.38. The lowest BCUT2D eigenvalue weighted by atomic mass is 10.2. The summed E-state index contributed by atoms with van der Waals surface area (Å²) in [6.07, 6.45) is 0.321. The summed E-state index contributed by atoms with van der Waals surface area (Å²) < 4.78 is 13.9. The van der Waals surface area contributed by atoms with E-state index in [1.54, 1.807) is 36.0 Å². The second kappa shape index (κ2) is 5.83. The van der Waals surface area contributed by atoms with Gasteiger partial charge in [0.2, 0.25) is 5.91 Å². The Kier molecular flexibility index (Phi) is 4.32. The fraction of sp³-hybridized carbons (Fsp3) is 0.429. The van der Waals surface area contributed by atoms with Crippen molar-refractivity contribution in [2.75, 3.05) is 30.4 Å². The van der Waals surface area contributed by atoms with Crippen LogP contribution >= 0.6 is 11.8 Å². The molecule has 1 fully saturated rings. The molecule has 4 nitrogen and oxygen atoms in total. The van der Waals surface area contributed by atoms with Crippen LogP contribution in [0, 0.1) is 5.82 Å². The fourth-order valence-corrected chi connectivity index (χ4v) is 3.18. The van der Waals surface area contributed by atoms with Gasteiger partial charge in [0.25, 0.3) is 0 Å². The van der Waals surface area contributed by atoms with Crippen molar-refractivity contribution in [2.45, 2.75) is 18.6 Å². The highest BCUT2D eigenvalue weighted by Gasteiger charge is 2.32. The summed E-state index contributed by atoms with van der Waals surface area (Å²) in [6.45, 7) is 1.94. The molecule has 1 aromatic rings. The maximum Gasteiger partial charge on any atom is 0.228 e. The zero-order valence-electron chi connectivity index (χ0n) is 11.7. The normalized spacial score (nSPS) is 18.5. The summed E-state index contributed by atoms with van der Waals surface area (Å²) in [5.41, 5.74) is 1.03. The Labute approximate surface area is 121 Å². The van der Waals surface area contributed by atoms with E-state index in [2.05, 4.69) is 0 Å². The van der Waals surface area contributed by atoms with Crippen LogP contribution in [0.25, 0.3) is 0 Å². The minimum atomic E-state index is -0.358. The fourth-order valence-electron chi connectivity index (χ4n) is 2.26. The van der Waals surface area contributed by atoms with Crippen molar-refractivity contribution in [1.29, 1.82) is 0 Å². The predicted molar refractivity (Wildman–Crippen MR) is 79.8 cm³/mol. The Morgan fingerprint density at radius 1 is 1.45 bits per heavy atom. The molecule has 2 rings (SSSR count). The summed E-state index contributed by atoms with van der Waals surface area (Å²) in [5.74, 6) is -0.427. The number of halogens is 1. The van der Waals surface area contributed by atoms with E-state index in [9.17, 15) is 14.0 Å². The quantitative estimate of drug-likeness (QED) is 0.858. The highest BCUT2D eigenvalue weighted by molar-refractivity contribution is 8.14. The van der Waals surface area contributed by atoms with E-state index in [1.807, 2.05) is 0 Å². The summed E-state index contributed by atoms with van der Waals surface area (Å²) >= 11 is 1.17. The van der Waals surface area contributed by atoms with E-state index in [1.165, 1.54) is 24.8 Å². The highest BCUT2D eigenvalue weighted by Crippen LogP contribution is 2.30. The van der Waals surface area contributed by atoms with Crippen LogP contribution < -0.4 is 9.80 Å². The molecule has 0 radical (unpaired) electrons. The predicted octanol–water partition coefficient (Wildman–Crippen LogP) is 2.28. The van der Waals surface area contributed by atoms with Gasteiger partial charge in [-0.1, -0.05) is 11.8 Å². The van der Waals surface area contributed by atoms with E-state index < -0.39 is 0 Å².